The Morgan fingerprint density at radius 2 is 0.957 bits per heavy atom. The van der Waals surface area contributed by atoms with Gasteiger partial charge in [-0.3, -0.25) is 29.1 Å². The van der Waals surface area contributed by atoms with Gasteiger partial charge in [0.2, 0.25) is 23.6 Å². The Kier molecular flexibility index (Phi) is 14.6. The molecule has 6 heterocycles. The summed E-state index contributed by atoms with van der Waals surface area (Å²) < 4.78 is 142. The lowest BCUT2D eigenvalue weighted by Gasteiger charge is -2.12. The first-order chi connectivity index (χ1) is 32.0. The minimum absolute atomic E-state index is 0. The third-order valence-electron chi connectivity index (χ3n) is 10.3. The van der Waals surface area contributed by atoms with Crippen LogP contribution >= 0.6 is 0 Å². The second kappa shape index (κ2) is 20.0. The first kappa shape index (κ1) is 50.3. The van der Waals surface area contributed by atoms with E-state index < -0.39 is 83.0 Å². The van der Waals surface area contributed by atoms with Crippen molar-refractivity contribution in [2.75, 3.05) is 23.7 Å². The van der Waals surface area contributed by atoms with Crippen molar-refractivity contribution in [2.45, 2.75) is 26.6 Å². The van der Waals surface area contributed by atoms with Gasteiger partial charge in [0.25, 0.3) is 0 Å². The molecule has 0 aliphatic carbocycles. The summed E-state index contributed by atoms with van der Waals surface area (Å²) in [6.45, 7) is 3.42. The second-order valence-electron chi connectivity index (χ2n) is 15.1. The summed E-state index contributed by atoms with van der Waals surface area (Å²) >= 11 is 0. The Bertz CT molecular complexity index is 2720. The van der Waals surface area contributed by atoms with Crippen LogP contribution in [0.25, 0.3) is 33.9 Å². The molecule has 4 atom stereocenters. The van der Waals surface area contributed by atoms with E-state index in [-0.39, 0.29) is 75.9 Å². The van der Waals surface area contributed by atoms with Crippen LogP contribution in [-0.2, 0) is 19.2 Å². The number of amides is 4. The maximum Gasteiger partial charge on any atom is 0.573 e. The van der Waals surface area contributed by atoms with Gasteiger partial charge in [0, 0.05) is 72.5 Å². The summed E-state index contributed by atoms with van der Waals surface area (Å²) in [5, 5.41) is 18.6. The molecule has 6 aromatic rings. The molecule has 17 nitrogen and oxygen atoms in total. The number of nitrogens with zero attached hydrogens (tertiary/aromatic N) is 6. The van der Waals surface area contributed by atoms with Crippen molar-refractivity contribution in [1.82, 2.24) is 40.2 Å². The molecule has 364 valence electrons. The van der Waals surface area contributed by atoms with Crippen molar-refractivity contribution in [3.63, 3.8) is 0 Å². The van der Waals surface area contributed by atoms with Gasteiger partial charge >= 0.3 is 12.7 Å². The molecule has 8 rings (SSSR count). The van der Waals surface area contributed by atoms with Gasteiger partial charge in [-0.25, -0.2) is 26.9 Å². The monoisotopic (exact) mass is 980 g/mol. The quantitative estimate of drug-likeness (QED) is 0.116. The number of ether oxygens (including phenoxy) is 2. The fourth-order valence-electron chi connectivity index (χ4n) is 7.07. The number of hydrogen-bond donors (Lipinski definition) is 4. The normalized spacial score (nSPS) is 17.7. The molecule has 27 heteroatoms. The van der Waals surface area contributed by atoms with Crippen molar-refractivity contribution in [1.29, 1.82) is 0 Å². The number of aromatic nitrogens is 6. The molecule has 0 spiro atoms. The number of anilines is 2. The van der Waals surface area contributed by atoms with Crippen LogP contribution in [0, 0.1) is 46.9 Å². The molecule has 4 aromatic heterocycles. The zero-order valence-corrected chi connectivity index (χ0v) is 35.2. The molecule has 0 unspecified atom stereocenters. The van der Waals surface area contributed by atoms with E-state index in [9.17, 15) is 63.1 Å². The standard InChI is InChI=1S/2C21H16F5N5O3.H2O/c2*1-10-16(9-28-19(10)32)20(33)29-18-6-17(31(30-18)14-4-13(23)7-27-8-14)11-2-12(22)5-15(3-11)34-21(24,25)26;/h2*2-8,10,16H,9H2,1H3,(H,28,32)(H,29,30,33);1H2/t2*10-,16+;/m11./s1. The van der Waals surface area contributed by atoms with Crippen LogP contribution in [0.1, 0.15) is 13.8 Å². The zero-order valence-electron chi connectivity index (χ0n) is 35.2. The molecule has 4 amide bonds. The third kappa shape index (κ3) is 12.3. The van der Waals surface area contributed by atoms with Crippen LogP contribution in [0.2, 0.25) is 0 Å². The van der Waals surface area contributed by atoms with Crippen LogP contribution in [0.15, 0.2) is 85.5 Å². The van der Waals surface area contributed by atoms with E-state index in [1.54, 1.807) is 13.8 Å². The zero-order chi connectivity index (χ0) is 49.2. The number of benzene rings is 2. The molecule has 2 aliphatic heterocycles. The topological polar surface area (TPSA) is 228 Å². The summed E-state index contributed by atoms with van der Waals surface area (Å²) in [4.78, 5) is 56.1. The van der Waals surface area contributed by atoms with E-state index in [1.807, 2.05) is 0 Å². The number of rotatable bonds is 10. The van der Waals surface area contributed by atoms with Gasteiger partial charge in [0.05, 0.1) is 59.4 Å². The molecule has 0 radical (unpaired) electrons. The SMILES string of the molecule is C[C@H]1C(=O)NC[C@@H]1C(=O)Nc1cc(-c2cc(F)cc(OC(F)(F)F)c2)n(-c2cncc(F)c2)n1.C[C@H]1C(=O)NC[C@@H]1C(=O)Nc1cc(-c2cc(F)cc(OC(F)(F)F)c2)n(-c2cncc(F)c2)n1.O. The highest BCUT2D eigenvalue weighted by atomic mass is 19.4. The van der Waals surface area contributed by atoms with Crippen LogP contribution in [0.4, 0.5) is 55.5 Å². The number of nitrogens with one attached hydrogen (secondary N) is 4. The van der Waals surface area contributed by atoms with Gasteiger partial charge in [-0.15, -0.1) is 36.5 Å². The Balaban J connectivity index is 0.000000224. The Morgan fingerprint density at radius 3 is 1.28 bits per heavy atom. The lowest BCUT2D eigenvalue weighted by Crippen LogP contribution is -2.28. The van der Waals surface area contributed by atoms with E-state index in [0.29, 0.717) is 12.1 Å². The number of carbonyl (C=O) groups excluding carboxylic acids is 4. The molecular weight excluding hydrogens is 947 g/mol. The number of carbonyl (C=O) groups is 4. The van der Waals surface area contributed by atoms with Crippen molar-refractivity contribution >= 4 is 35.3 Å². The van der Waals surface area contributed by atoms with Crippen molar-refractivity contribution < 1.29 is 78.0 Å². The lowest BCUT2D eigenvalue weighted by atomic mass is 9.97. The molecule has 2 fully saturated rings. The minimum atomic E-state index is -5.06. The van der Waals surface area contributed by atoms with Gasteiger partial charge in [0.15, 0.2) is 11.6 Å². The first-order valence-electron chi connectivity index (χ1n) is 19.7. The summed E-state index contributed by atoms with van der Waals surface area (Å²) in [7, 11) is 0. The van der Waals surface area contributed by atoms with Crippen LogP contribution < -0.4 is 30.7 Å². The Hall–Kier alpha value is -8.10. The van der Waals surface area contributed by atoms with E-state index in [2.05, 4.69) is 50.9 Å². The number of alkyl halides is 6. The van der Waals surface area contributed by atoms with E-state index in [1.165, 1.54) is 24.5 Å². The average Bonchev–Trinajstić information content (AvgIpc) is 4.02. The second-order valence-corrected chi connectivity index (χ2v) is 15.1. The largest absolute Gasteiger partial charge is 0.573 e. The van der Waals surface area contributed by atoms with Crippen LogP contribution in [-0.4, -0.2) is 84.4 Å². The Labute approximate surface area is 381 Å². The molecule has 2 saturated heterocycles. The molecular formula is C42H34F10N10O7. The molecule has 0 saturated carbocycles. The number of pyridine rings is 2. The summed E-state index contributed by atoms with van der Waals surface area (Å²) in [6.07, 6.45) is -5.81. The highest BCUT2D eigenvalue weighted by molar-refractivity contribution is 5.99. The summed E-state index contributed by atoms with van der Waals surface area (Å²) in [5.74, 6) is -9.42. The van der Waals surface area contributed by atoms with Crippen LogP contribution in [0.5, 0.6) is 11.5 Å². The van der Waals surface area contributed by atoms with Gasteiger partial charge in [-0.1, -0.05) is 13.8 Å². The number of hydrogen-bond acceptors (Lipinski definition) is 10. The Morgan fingerprint density at radius 1 is 0.580 bits per heavy atom. The predicted octanol–water partition coefficient (Wildman–Crippen LogP) is 6.04. The predicted molar refractivity (Wildman–Crippen MR) is 219 cm³/mol. The molecule has 0 bridgehead atoms. The van der Waals surface area contributed by atoms with E-state index in [4.69, 9.17) is 0 Å². The third-order valence-corrected chi connectivity index (χ3v) is 10.3. The average molecular weight is 981 g/mol. The highest BCUT2D eigenvalue weighted by Gasteiger charge is 2.38. The minimum Gasteiger partial charge on any atom is -0.412 e. The van der Waals surface area contributed by atoms with Crippen LogP contribution in [0.3, 0.4) is 0 Å². The van der Waals surface area contributed by atoms with E-state index >= 15 is 0 Å². The molecule has 2 aliphatic rings. The number of halogens is 10. The van der Waals surface area contributed by atoms with Crippen molar-refractivity contribution in [3.05, 3.63) is 109 Å². The van der Waals surface area contributed by atoms with Gasteiger partial charge in [0.1, 0.15) is 34.8 Å². The maximum absolute atomic E-state index is 14.1. The van der Waals surface area contributed by atoms with Gasteiger partial charge in [-0.2, -0.15) is 0 Å². The van der Waals surface area contributed by atoms with Crippen molar-refractivity contribution in [2.24, 2.45) is 23.7 Å². The summed E-state index contributed by atoms with van der Waals surface area (Å²) in [6, 6.07) is 9.42. The van der Waals surface area contributed by atoms with Gasteiger partial charge in [-0.05, 0) is 24.3 Å². The maximum atomic E-state index is 14.1. The molecule has 2 aromatic carbocycles. The fourth-order valence-corrected chi connectivity index (χ4v) is 7.07. The molecule has 69 heavy (non-hydrogen) atoms. The van der Waals surface area contributed by atoms with E-state index in [0.717, 1.165) is 58.2 Å². The van der Waals surface area contributed by atoms with Crippen molar-refractivity contribution in [3.8, 4) is 45.4 Å². The van der Waals surface area contributed by atoms with Gasteiger partial charge < -0.3 is 36.2 Å². The lowest BCUT2D eigenvalue weighted by molar-refractivity contribution is -0.275. The molecule has 6 N–H and O–H groups in total. The smallest absolute Gasteiger partial charge is 0.412 e. The highest BCUT2D eigenvalue weighted by Crippen LogP contribution is 2.35. The summed E-state index contributed by atoms with van der Waals surface area (Å²) in [5.41, 5.74) is -0.0378. The first-order valence-corrected chi connectivity index (χ1v) is 19.7. The fraction of sp³-hybridized carbons (Fsp3) is 0.238.